The first-order valence-corrected chi connectivity index (χ1v) is 7.91. The van der Waals surface area contributed by atoms with Crippen LogP contribution in [-0.2, 0) is 0 Å². The van der Waals surface area contributed by atoms with E-state index in [1.54, 1.807) is 18.3 Å². The van der Waals surface area contributed by atoms with Gasteiger partial charge in [-0.25, -0.2) is 0 Å². The van der Waals surface area contributed by atoms with Gasteiger partial charge in [-0.1, -0.05) is 18.2 Å². The van der Waals surface area contributed by atoms with Crippen LogP contribution in [0.3, 0.4) is 0 Å². The van der Waals surface area contributed by atoms with Crippen molar-refractivity contribution >= 4 is 17.6 Å². The molecule has 0 atom stereocenters. The average Bonchev–Trinajstić information content (AvgIpc) is 2.90. The lowest BCUT2D eigenvalue weighted by Gasteiger charge is -2.12. The molecule has 0 bridgehead atoms. The Morgan fingerprint density at radius 2 is 1.77 bits per heavy atom. The van der Waals surface area contributed by atoms with Crippen molar-refractivity contribution in [1.29, 1.82) is 0 Å². The third-order valence-electron chi connectivity index (χ3n) is 4.36. The molecule has 0 saturated heterocycles. The highest BCUT2D eigenvalue weighted by atomic mass is 16.2. The van der Waals surface area contributed by atoms with Gasteiger partial charge in [-0.2, -0.15) is 0 Å². The number of nitrogen functional groups attached to an aromatic ring is 1. The molecule has 4 rings (SSSR count). The normalized spacial score (nSPS) is 12.8. The molecule has 0 unspecified atom stereocenters. The maximum atomic E-state index is 12.4. The molecule has 3 N–H and O–H groups in total. The summed E-state index contributed by atoms with van der Waals surface area (Å²) in [6, 6.07) is 12.1. The summed E-state index contributed by atoms with van der Waals surface area (Å²) in [5, 5.41) is 2.15. The molecule has 2 aromatic heterocycles. The van der Waals surface area contributed by atoms with Crippen LogP contribution in [0.15, 0.2) is 53.5 Å². The number of fused-ring (bicyclic) bond motifs is 1. The van der Waals surface area contributed by atoms with Crippen LogP contribution in [0.4, 0.5) is 5.82 Å². The number of carbonyl (C=O) groups is 2. The maximum absolute atomic E-state index is 12.4. The van der Waals surface area contributed by atoms with E-state index in [0.29, 0.717) is 5.69 Å². The topological polar surface area (TPSA) is 107 Å². The number of anilines is 1. The summed E-state index contributed by atoms with van der Waals surface area (Å²) >= 11 is 0. The number of imide groups is 1. The molecule has 0 spiro atoms. The highest BCUT2D eigenvalue weighted by molar-refractivity contribution is 6.23. The molecule has 0 fully saturated rings. The number of aryl methyl sites for hydroxylation is 1. The maximum Gasteiger partial charge on any atom is 0.262 e. The van der Waals surface area contributed by atoms with Crippen molar-refractivity contribution in [3.8, 4) is 16.9 Å². The number of pyridine rings is 2. The second-order valence-electron chi connectivity index (χ2n) is 5.99. The Labute approximate surface area is 148 Å². The Kier molecular flexibility index (Phi) is 3.43. The fourth-order valence-corrected chi connectivity index (χ4v) is 3.10. The molecule has 1 aliphatic rings. The summed E-state index contributed by atoms with van der Waals surface area (Å²) in [6.45, 7) is 1.97. The zero-order valence-corrected chi connectivity index (χ0v) is 13.8. The van der Waals surface area contributed by atoms with Crippen molar-refractivity contribution in [3.63, 3.8) is 0 Å². The van der Waals surface area contributed by atoms with Crippen LogP contribution in [0.2, 0.25) is 0 Å². The number of hydrogen-bond acceptors (Lipinski definition) is 5. The lowest BCUT2D eigenvalue weighted by Crippen LogP contribution is -2.24. The quantitative estimate of drug-likeness (QED) is 0.687. The number of nitrogens with two attached hydrogens (primary N) is 1. The van der Waals surface area contributed by atoms with Crippen molar-refractivity contribution in [2.45, 2.75) is 6.92 Å². The summed E-state index contributed by atoms with van der Waals surface area (Å²) in [7, 11) is 0. The van der Waals surface area contributed by atoms with Crippen LogP contribution in [0.1, 0.15) is 26.3 Å². The molecule has 26 heavy (non-hydrogen) atoms. The summed E-state index contributed by atoms with van der Waals surface area (Å²) in [5.74, 6) is -1.27. The predicted molar refractivity (Wildman–Crippen MR) is 96.2 cm³/mol. The van der Waals surface area contributed by atoms with E-state index >= 15 is 0 Å². The van der Waals surface area contributed by atoms with Crippen molar-refractivity contribution in [3.05, 3.63) is 75.7 Å². The minimum absolute atomic E-state index is 0.00878. The molecular weight excluding hydrogens is 332 g/mol. The molecule has 7 heteroatoms. The number of nitrogens with one attached hydrogen (secondary N) is 1. The van der Waals surface area contributed by atoms with Gasteiger partial charge in [0.25, 0.3) is 17.4 Å². The van der Waals surface area contributed by atoms with Gasteiger partial charge in [0.05, 0.1) is 22.5 Å². The molecule has 2 amide bonds. The zero-order valence-electron chi connectivity index (χ0n) is 13.8. The molecule has 3 heterocycles. The Morgan fingerprint density at radius 1 is 1.04 bits per heavy atom. The van der Waals surface area contributed by atoms with E-state index in [1.807, 2.05) is 31.2 Å². The predicted octanol–water partition coefficient (Wildman–Crippen LogP) is 1.67. The second kappa shape index (κ2) is 5.66. The van der Waals surface area contributed by atoms with Gasteiger partial charge in [0.1, 0.15) is 5.82 Å². The SMILES string of the molecule is Cc1cccnc1-c1ccc(-n2c(N)c3c(cc2=O)C(=O)NC3=O)cc1. The Morgan fingerprint density at radius 3 is 2.46 bits per heavy atom. The smallest absolute Gasteiger partial charge is 0.262 e. The summed E-state index contributed by atoms with van der Waals surface area (Å²) in [4.78, 5) is 40.5. The molecule has 0 saturated carbocycles. The van der Waals surface area contributed by atoms with Gasteiger partial charge in [-0.15, -0.1) is 0 Å². The number of rotatable bonds is 2. The highest BCUT2D eigenvalue weighted by Crippen LogP contribution is 2.25. The third kappa shape index (κ3) is 2.29. The Balaban J connectivity index is 1.84. The van der Waals surface area contributed by atoms with Crippen LogP contribution < -0.4 is 16.6 Å². The number of hydrogen-bond donors (Lipinski definition) is 2. The third-order valence-corrected chi connectivity index (χ3v) is 4.36. The molecule has 0 radical (unpaired) electrons. The second-order valence-corrected chi connectivity index (χ2v) is 5.99. The van der Waals surface area contributed by atoms with Crippen LogP contribution in [-0.4, -0.2) is 21.4 Å². The van der Waals surface area contributed by atoms with Gasteiger partial charge >= 0.3 is 0 Å². The highest BCUT2D eigenvalue weighted by Gasteiger charge is 2.31. The van der Waals surface area contributed by atoms with Crippen molar-refractivity contribution in [1.82, 2.24) is 14.9 Å². The van der Waals surface area contributed by atoms with Crippen LogP contribution in [0.5, 0.6) is 0 Å². The van der Waals surface area contributed by atoms with Crippen molar-refractivity contribution in [2.24, 2.45) is 0 Å². The minimum Gasteiger partial charge on any atom is -0.384 e. The molecule has 1 aliphatic heterocycles. The summed E-state index contributed by atoms with van der Waals surface area (Å²) in [5.41, 5.74) is 8.86. The molecular formula is C19H14N4O3. The number of carbonyl (C=O) groups excluding carboxylic acids is 2. The lowest BCUT2D eigenvalue weighted by molar-refractivity contribution is 0.0880. The first-order chi connectivity index (χ1) is 12.5. The number of amides is 2. The lowest BCUT2D eigenvalue weighted by atomic mass is 10.1. The van der Waals surface area contributed by atoms with Crippen molar-refractivity contribution in [2.75, 3.05) is 5.73 Å². The fourth-order valence-electron chi connectivity index (χ4n) is 3.10. The van der Waals surface area contributed by atoms with E-state index in [2.05, 4.69) is 10.3 Å². The Bertz CT molecular complexity index is 1130. The van der Waals surface area contributed by atoms with Gasteiger partial charge in [-0.05, 0) is 30.7 Å². The molecule has 3 aromatic rings. The van der Waals surface area contributed by atoms with Gasteiger partial charge in [0.2, 0.25) is 0 Å². The van der Waals surface area contributed by atoms with Gasteiger partial charge < -0.3 is 5.73 Å². The van der Waals surface area contributed by atoms with E-state index < -0.39 is 17.4 Å². The van der Waals surface area contributed by atoms with E-state index in [0.717, 1.165) is 22.9 Å². The number of nitrogens with zero attached hydrogens (tertiary/aromatic N) is 2. The summed E-state index contributed by atoms with van der Waals surface area (Å²) in [6.07, 6.45) is 1.72. The first kappa shape index (κ1) is 15.8. The van der Waals surface area contributed by atoms with Crippen LogP contribution >= 0.6 is 0 Å². The number of benzene rings is 1. The van der Waals surface area contributed by atoms with Crippen molar-refractivity contribution < 1.29 is 9.59 Å². The van der Waals surface area contributed by atoms with Gasteiger partial charge in [-0.3, -0.25) is 29.3 Å². The van der Waals surface area contributed by atoms with Crippen LogP contribution in [0.25, 0.3) is 16.9 Å². The fraction of sp³-hybridized carbons (Fsp3) is 0.0526. The molecule has 7 nitrogen and oxygen atoms in total. The van der Waals surface area contributed by atoms with E-state index in [-0.39, 0.29) is 16.9 Å². The molecule has 0 aliphatic carbocycles. The molecule has 128 valence electrons. The number of aromatic nitrogens is 2. The van der Waals surface area contributed by atoms with E-state index in [1.165, 1.54) is 4.57 Å². The van der Waals surface area contributed by atoms with E-state index in [9.17, 15) is 14.4 Å². The monoisotopic (exact) mass is 346 g/mol. The standard InChI is InChI=1S/C19H14N4O3/c1-10-3-2-8-21-16(10)11-4-6-12(7-5-11)23-14(24)9-13-15(17(23)20)19(26)22-18(13)25/h2-9H,20H2,1H3,(H,22,25,26). The first-order valence-electron chi connectivity index (χ1n) is 7.91. The zero-order chi connectivity index (χ0) is 18.4. The van der Waals surface area contributed by atoms with E-state index in [4.69, 9.17) is 5.73 Å². The largest absolute Gasteiger partial charge is 0.384 e. The van der Waals surface area contributed by atoms with Crippen LogP contribution in [0, 0.1) is 6.92 Å². The summed E-state index contributed by atoms with van der Waals surface area (Å²) < 4.78 is 1.21. The average molecular weight is 346 g/mol. The minimum atomic E-state index is -0.609. The Hall–Kier alpha value is -3.74. The van der Waals surface area contributed by atoms with Gasteiger partial charge in [0.15, 0.2) is 0 Å². The molecule has 1 aromatic carbocycles. The van der Waals surface area contributed by atoms with Gasteiger partial charge in [0, 0.05) is 17.8 Å².